The summed E-state index contributed by atoms with van der Waals surface area (Å²) in [5.74, 6) is -13.9. The summed E-state index contributed by atoms with van der Waals surface area (Å²) >= 11 is 0. The summed E-state index contributed by atoms with van der Waals surface area (Å²) in [5.41, 5.74) is 16.7. The van der Waals surface area contributed by atoms with Crippen molar-refractivity contribution >= 4 is 70.4 Å². The fourth-order valence-corrected chi connectivity index (χ4v) is 7.78. The summed E-state index contributed by atoms with van der Waals surface area (Å²) in [6, 6.07) is 3.08. The third-order valence-corrected chi connectivity index (χ3v) is 12.0. The molecule has 1 aromatic carbocycles. The van der Waals surface area contributed by atoms with E-state index in [2.05, 4.69) is 21.3 Å². The molecule has 0 spiro atoms. The molecule has 0 bridgehead atoms. The molecule has 21 nitrogen and oxygen atoms in total. The monoisotopic (exact) mass is 955 g/mol. The second-order valence-electron chi connectivity index (χ2n) is 18.3. The van der Waals surface area contributed by atoms with E-state index in [4.69, 9.17) is 17.2 Å². The predicted octanol–water partition coefficient (Wildman–Crippen LogP) is -0.201. The van der Waals surface area contributed by atoms with Gasteiger partial charge in [0.05, 0.1) is 38.1 Å². The van der Waals surface area contributed by atoms with Crippen LogP contribution in [0.25, 0.3) is 0 Å². The molecular weight excluding hydrogens is 885 g/mol. The number of nitrogens with one attached hydrogen (secondary N) is 4. The van der Waals surface area contributed by atoms with Crippen molar-refractivity contribution < 1.29 is 62.6 Å². The van der Waals surface area contributed by atoms with Crippen LogP contribution in [0.2, 0.25) is 0 Å². The maximum Gasteiger partial charge on any atom is 0.236 e. The van der Waals surface area contributed by atoms with E-state index in [1.165, 1.54) is 19.2 Å². The average Bonchev–Trinajstić information content (AvgIpc) is 3.26. The zero-order valence-electron chi connectivity index (χ0n) is 39.8. The van der Waals surface area contributed by atoms with Gasteiger partial charge in [-0.2, -0.15) is 0 Å². The number of hydrogen-bond acceptors (Lipinski definition) is 13. The number of primary amides is 3. The van der Waals surface area contributed by atoms with Crippen LogP contribution in [-0.4, -0.2) is 119 Å². The van der Waals surface area contributed by atoms with Gasteiger partial charge in [0.25, 0.3) is 0 Å². The number of nitrogens with zero attached hydrogens (tertiary/aromatic N) is 1. The Kier molecular flexibility index (Phi) is 24.2. The average molecular weight is 955 g/mol. The molecule has 1 heterocycles. The van der Waals surface area contributed by atoms with Gasteiger partial charge in [0, 0.05) is 69.2 Å². The number of amides is 8. The molecule has 0 saturated carbocycles. The number of phenols is 1. The lowest BCUT2D eigenvalue weighted by atomic mass is 9.86. The van der Waals surface area contributed by atoms with Gasteiger partial charge in [-0.15, -0.1) is 0 Å². The lowest BCUT2D eigenvalue weighted by Gasteiger charge is -2.28. The summed E-state index contributed by atoms with van der Waals surface area (Å²) < 4.78 is 0. The number of aromatic hydroxyl groups is 1. The molecule has 1 aromatic rings. The summed E-state index contributed by atoms with van der Waals surface area (Å²) in [6.45, 7) is 5.81. The Hall–Kier alpha value is -6.54. The first kappa shape index (κ1) is 57.6. The summed E-state index contributed by atoms with van der Waals surface area (Å²) in [6.07, 6.45) is -2.84. The topological polar surface area (TPSA) is 354 Å². The highest BCUT2D eigenvalue weighted by atomic mass is 16.3. The highest BCUT2D eigenvalue weighted by Gasteiger charge is 2.36. The molecule has 21 heteroatoms. The lowest BCUT2D eigenvalue weighted by Crippen LogP contribution is -2.50. The predicted molar refractivity (Wildman–Crippen MR) is 246 cm³/mol. The SMILES string of the molecule is CC[C@H](C)[C@@H]1NC(=O)[C@H](Cc2ccc(O)cc2)CC(=O)CNC(=O)CC[C@@H](C(=O)N(C)CC(=O)C[C@@H](CCC(C)C)C(=O)NCC(N)=O)CC(=O)[C@H](CC(N)=O)NC(=O)[C@H](CCC(N)=O)CC1=O. The Morgan fingerprint density at radius 2 is 1.47 bits per heavy atom. The van der Waals surface area contributed by atoms with Crippen molar-refractivity contribution in [3.8, 4) is 5.75 Å². The molecule has 0 unspecified atom stereocenters. The van der Waals surface area contributed by atoms with E-state index < -0.39 is 164 Å². The molecule has 2 rings (SSSR count). The van der Waals surface area contributed by atoms with Gasteiger partial charge in [-0.25, -0.2) is 0 Å². The van der Waals surface area contributed by atoms with Crippen LogP contribution < -0.4 is 38.5 Å². The van der Waals surface area contributed by atoms with Crippen molar-refractivity contribution in [2.45, 2.75) is 123 Å². The Morgan fingerprint density at radius 3 is 2.06 bits per heavy atom. The highest BCUT2D eigenvalue weighted by molar-refractivity contribution is 5.99. The summed E-state index contributed by atoms with van der Waals surface area (Å²) in [5, 5.41) is 19.9. The van der Waals surface area contributed by atoms with Crippen molar-refractivity contribution in [3.63, 3.8) is 0 Å². The molecule has 1 aliphatic rings. The van der Waals surface area contributed by atoms with Crippen LogP contribution in [-0.2, 0) is 64.0 Å². The molecule has 68 heavy (non-hydrogen) atoms. The van der Waals surface area contributed by atoms with Gasteiger partial charge in [0.2, 0.25) is 47.3 Å². The van der Waals surface area contributed by atoms with Gasteiger partial charge in [-0.3, -0.25) is 57.5 Å². The first-order chi connectivity index (χ1) is 31.9. The minimum atomic E-state index is -1.66. The van der Waals surface area contributed by atoms with E-state index in [1.54, 1.807) is 26.0 Å². The van der Waals surface area contributed by atoms with E-state index in [0.717, 1.165) is 4.90 Å². The summed E-state index contributed by atoms with van der Waals surface area (Å²) in [7, 11) is 1.27. The first-order valence-electron chi connectivity index (χ1n) is 23.0. The van der Waals surface area contributed by atoms with E-state index >= 15 is 0 Å². The normalized spacial score (nSPS) is 21.4. The molecule has 8 amide bonds. The minimum absolute atomic E-state index is 0.00690. The molecule has 0 radical (unpaired) electrons. The molecule has 7 atom stereocenters. The number of phenolic OH excluding ortho intramolecular Hbond substituents is 1. The quantitative estimate of drug-likeness (QED) is 0.0841. The number of likely N-dealkylation sites (N-methyl/N-ethyl adjacent to an activating group) is 1. The maximum absolute atomic E-state index is 14.1. The van der Waals surface area contributed by atoms with Crippen LogP contribution in [0.3, 0.4) is 0 Å². The van der Waals surface area contributed by atoms with Gasteiger partial charge in [-0.05, 0) is 55.2 Å². The van der Waals surface area contributed by atoms with Crippen LogP contribution in [0.5, 0.6) is 5.75 Å². The Bertz CT molecular complexity index is 2010. The molecule has 1 fully saturated rings. The third kappa shape index (κ3) is 21.0. The molecule has 0 aliphatic carbocycles. The molecule has 1 aliphatic heterocycles. The lowest BCUT2D eigenvalue weighted by molar-refractivity contribution is -0.141. The number of carbonyl (C=O) groups is 12. The molecular formula is C47H70N8O13. The maximum atomic E-state index is 14.1. The highest BCUT2D eigenvalue weighted by Crippen LogP contribution is 2.24. The van der Waals surface area contributed by atoms with Crippen molar-refractivity contribution in [3.05, 3.63) is 29.8 Å². The first-order valence-corrected chi connectivity index (χ1v) is 23.0. The number of Topliss-reactive ketones (excluding diaryl/α,β-unsaturated/α-hetero) is 4. The Morgan fingerprint density at radius 1 is 0.824 bits per heavy atom. The second kappa shape index (κ2) is 28.6. The zero-order chi connectivity index (χ0) is 51.2. The molecule has 0 aromatic heterocycles. The standard InChI is InChI=1S/C47H70N8O13/c1-6-27(4)43-38(60)20-30(11-15-39(48)61)45(66)53-36(22-40(49)62)37(59)21-31(47(68)55(5)25-35(58)18-29(10-7-26(2)3)44(65)52-24-41(50)63)12-16-42(64)51-23-34(57)19-32(46(67)54-43)17-28-8-13-33(56)14-9-28/h8-9,13-14,26-27,29-32,36,43,56H,6-7,10-12,15-25H2,1-5H3,(H2,48,61)(H2,49,62)(H2,50,63)(H,51,64)(H,52,65)(H,53,66)(H,54,67)/t27-,29+,30+,31+,32+,36-,43-/m0/s1. The van der Waals surface area contributed by atoms with E-state index in [1.807, 2.05) is 13.8 Å². The van der Waals surface area contributed by atoms with Crippen molar-refractivity contribution in [2.24, 2.45) is 52.7 Å². The molecule has 11 N–H and O–H groups in total. The van der Waals surface area contributed by atoms with Crippen molar-refractivity contribution in [1.29, 1.82) is 0 Å². The molecule has 376 valence electrons. The smallest absolute Gasteiger partial charge is 0.236 e. The number of ketones is 4. The number of benzene rings is 1. The molecule has 1 saturated heterocycles. The summed E-state index contributed by atoms with van der Waals surface area (Å²) in [4.78, 5) is 160. The van der Waals surface area contributed by atoms with Crippen LogP contribution in [0.4, 0.5) is 0 Å². The number of carbonyl (C=O) groups excluding carboxylic acids is 12. The van der Waals surface area contributed by atoms with Crippen molar-refractivity contribution in [2.75, 3.05) is 26.7 Å². The fraction of sp³-hybridized carbons (Fsp3) is 0.617. The third-order valence-electron chi connectivity index (χ3n) is 12.0. The fourth-order valence-electron chi connectivity index (χ4n) is 7.78. The van der Waals surface area contributed by atoms with Gasteiger partial charge < -0.3 is 48.5 Å². The minimum Gasteiger partial charge on any atom is -0.508 e. The van der Waals surface area contributed by atoms with E-state index in [-0.39, 0.29) is 50.2 Å². The van der Waals surface area contributed by atoms with Gasteiger partial charge in [0.1, 0.15) is 5.75 Å². The van der Waals surface area contributed by atoms with Gasteiger partial charge >= 0.3 is 0 Å². The van der Waals surface area contributed by atoms with E-state index in [9.17, 15) is 62.6 Å². The number of nitrogens with two attached hydrogens (primary N) is 3. The number of rotatable bonds is 20. The van der Waals surface area contributed by atoms with Crippen LogP contribution in [0.1, 0.15) is 110 Å². The zero-order valence-corrected chi connectivity index (χ0v) is 39.8. The van der Waals surface area contributed by atoms with Gasteiger partial charge in [-0.1, -0.05) is 52.7 Å². The number of hydrogen-bond donors (Lipinski definition) is 8. The van der Waals surface area contributed by atoms with Crippen LogP contribution in [0.15, 0.2) is 24.3 Å². The second-order valence-corrected chi connectivity index (χ2v) is 18.3. The van der Waals surface area contributed by atoms with Gasteiger partial charge in [0.15, 0.2) is 23.1 Å². The largest absolute Gasteiger partial charge is 0.508 e. The Labute approximate surface area is 396 Å². The Balaban J connectivity index is 2.59. The van der Waals surface area contributed by atoms with Crippen LogP contribution >= 0.6 is 0 Å². The van der Waals surface area contributed by atoms with E-state index in [0.29, 0.717) is 18.4 Å². The van der Waals surface area contributed by atoms with Crippen LogP contribution in [0, 0.1) is 35.5 Å². The van der Waals surface area contributed by atoms with Crippen molar-refractivity contribution in [1.82, 2.24) is 26.2 Å².